The minimum Gasteiger partial charge on any atom is -0.379 e. The van der Waals surface area contributed by atoms with Gasteiger partial charge in [-0.3, -0.25) is 9.78 Å². The van der Waals surface area contributed by atoms with Crippen LogP contribution in [0.15, 0.2) is 48.8 Å². The lowest BCUT2D eigenvalue weighted by molar-refractivity contribution is 0.0508. The van der Waals surface area contributed by atoms with Gasteiger partial charge in [0.25, 0.3) is 5.91 Å². The maximum atomic E-state index is 12.9. The van der Waals surface area contributed by atoms with Gasteiger partial charge in [-0.25, -0.2) is 0 Å². The number of carbonyl (C=O) groups is 1. The summed E-state index contributed by atoms with van der Waals surface area (Å²) in [6.45, 7) is 0.657. The zero-order chi connectivity index (χ0) is 16.9. The third-order valence-electron chi connectivity index (χ3n) is 4.48. The van der Waals surface area contributed by atoms with Crippen molar-refractivity contribution in [2.45, 2.75) is 25.0 Å². The first-order valence-electron chi connectivity index (χ1n) is 7.95. The minimum absolute atomic E-state index is 0.0151. The molecule has 0 spiro atoms. The first-order chi connectivity index (χ1) is 11.7. The zero-order valence-corrected chi connectivity index (χ0v) is 13.6. The Bertz CT molecular complexity index is 755. The second-order valence-electron chi connectivity index (χ2n) is 5.88. The highest BCUT2D eigenvalue weighted by Crippen LogP contribution is 2.26. The molecule has 1 saturated heterocycles. The van der Waals surface area contributed by atoms with Crippen LogP contribution in [0.2, 0.25) is 0 Å². The van der Waals surface area contributed by atoms with Crippen molar-refractivity contribution in [3.05, 3.63) is 65.5 Å². The Morgan fingerprint density at radius 2 is 2.17 bits per heavy atom. The van der Waals surface area contributed by atoms with Crippen molar-refractivity contribution in [2.24, 2.45) is 0 Å². The van der Waals surface area contributed by atoms with Gasteiger partial charge >= 0.3 is 0 Å². The van der Waals surface area contributed by atoms with Crippen LogP contribution in [0.1, 0.15) is 27.9 Å². The summed E-state index contributed by atoms with van der Waals surface area (Å²) in [5, 5.41) is 9.04. The lowest BCUT2D eigenvalue weighted by atomic mass is 10.0. The quantitative estimate of drug-likeness (QED) is 0.867. The van der Waals surface area contributed by atoms with Crippen LogP contribution in [0.4, 0.5) is 0 Å². The molecule has 0 aliphatic carbocycles. The summed E-state index contributed by atoms with van der Waals surface area (Å²) in [5.41, 5.74) is 2.17. The molecule has 5 nitrogen and oxygen atoms in total. The molecular weight excluding hydrogens is 302 g/mol. The first kappa shape index (κ1) is 16.2. The maximum absolute atomic E-state index is 12.9. The van der Waals surface area contributed by atoms with Crippen LogP contribution >= 0.6 is 0 Å². The standard InChI is InChI=1S/C19H19N3O2/c1-24-18-7-10-22(17(18)12-14-5-8-21-9-6-14)19(23)16-4-2-3-15(11-16)13-20/h2-6,8-9,11,17-18H,7,10,12H2,1H3/t17-,18+/m0/s1. The second-order valence-corrected chi connectivity index (χ2v) is 5.88. The molecule has 1 aromatic heterocycles. The number of methoxy groups -OCH3 is 1. The number of nitriles is 1. The van der Waals surface area contributed by atoms with Gasteiger partial charge in [0.15, 0.2) is 0 Å². The molecule has 1 fully saturated rings. The summed E-state index contributed by atoms with van der Waals surface area (Å²) in [4.78, 5) is 18.8. The predicted octanol–water partition coefficient (Wildman–Crippen LogP) is 2.43. The fourth-order valence-corrected chi connectivity index (χ4v) is 3.24. The Labute approximate surface area is 141 Å². The van der Waals surface area contributed by atoms with Gasteiger partial charge in [0, 0.05) is 31.6 Å². The molecule has 0 N–H and O–H groups in total. The van der Waals surface area contributed by atoms with Gasteiger partial charge in [0.2, 0.25) is 0 Å². The second kappa shape index (κ2) is 7.24. The van der Waals surface area contributed by atoms with Gasteiger partial charge < -0.3 is 9.64 Å². The van der Waals surface area contributed by atoms with Crippen molar-refractivity contribution in [1.82, 2.24) is 9.88 Å². The SMILES string of the molecule is CO[C@@H]1CCN(C(=O)c2cccc(C#N)c2)[C@H]1Cc1ccncc1. The largest absolute Gasteiger partial charge is 0.379 e. The molecule has 24 heavy (non-hydrogen) atoms. The third-order valence-corrected chi connectivity index (χ3v) is 4.48. The van der Waals surface area contributed by atoms with Crippen LogP contribution in [0.25, 0.3) is 0 Å². The monoisotopic (exact) mass is 321 g/mol. The summed E-state index contributed by atoms with van der Waals surface area (Å²) >= 11 is 0. The molecule has 0 bridgehead atoms. The van der Waals surface area contributed by atoms with Crippen LogP contribution in [-0.4, -0.2) is 41.6 Å². The highest BCUT2D eigenvalue weighted by atomic mass is 16.5. The number of benzene rings is 1. The highest BCUT2D eigenvalue weighted by Gasteiger charge is 2.37. The van der Waals surface area contributed by atoms with E-state index in [-0.39, 0.29) is 18.1 Å². The molecule has 5 heteroatoms. The third kappa shape index (κ3) is 3.29. The van der Waals surface area contributed by atoms with Crippen molar-refractivity contribution in [1.29, 1.82) is 5.26 Å². The van der Waals surface area contributed by atoms with Crippen molar-refractivity contribution >= 4 is 5.91 Å². The van der Waals surface area contributed by atoms with Crippen LogP contribution in [0.3, 0.4) is 0 Å². The smallest absolute Gasteiger partial charge is 0.254 e. The van der Waals surface area contributed by atoms with Crippen molar-refractivity contribution in [3.63, 3.8) is 0 Å². The van der Waals surface area contributed by atoms with Gasteiger partial charge in [0.05, 0.1) is 23.8 Å². The summed E-state index contributed by atoms with van der Waals surface area (Å²) in [7, 11) is 1.69. The molecule has 0 unspecified atom stereocenters. The highest BCUT2D eigenvalue weighted by molar-refractivity contribution is 5.95. The van der Waals surface area contributed by atoms with E-state index in [4.69, 9.17) is 10.00 Å². The average molecular weight is 321 g/mol. The molecule has 3 rings (SSSR count). The fourth-order valence-electron chi connectivity index (χ4n) is 3.24. The molecule has 2 atom stereocenters. The van der Waals surface area contributed by atoms with E-state index >= 15 is 0 Å². The lowest BCUT2D eigenvalue weighted by Crippen LogP contribution is -2.41. The molecular formula is C19H19N3O2. The summed E-state index contributed by atoms with van der Waals surface area (Å²) in [6.07, 6.45) is 5.07. The normalized spacial score (nSPS) is 19.9. The maximum Gasteiger partial charge on any atom is 0.254 e. The number of hydrogen-bond acceptors (Lipinski definition) is 4. The molecule has 122 valence electrons. The zero-order valence-electron chi connectivity index (χ0n) is 13.6. The summed E-state index contributed by atoms with van der Waals surface area (Å²) < 4.78 is 5.60. The van der Waals surface area contributed by atoms with Gasteiger partial charge in [0.1, 0.15) is 0 Å². The summed E-state index contributed by atoms with van der Waals surface area (Å²) in [5.74, 6) is -0.0503. The van der Waals surface area contributed by atoms with Crippen molar-refractivity contribution in [2.75, 3.05) is 13.7 Å². The number of aromatic nitrogens is 1. The Morgan fingerprint density at radius 1 is 1.38 bits per heavy atom. The van der Waals surface area contributed by atoms with E-state index in [1.54, 1.807) is 43.8 Å². The van der Waals surface area contributed by atoms with Gasteiger partial charge in [-0.2, -0.15) is 5.26 Å². The van der Waals surface area contributed by atoms with E-state index in [1.807, 2.05) is 17.0 Å². The van der Waals surface area contributed by atoms with Crippen molar-refractivity contribution < 1.29 is 9.53 Å². The van der Waals surface area contributed by atoms with E-state index < -0.39 is 0 Å². The molecule has 0 saturated carbocycles. The fraction of sp³-hybridized carbons (Fsp3) is 0.316. The molecule has 1 aliphatic heterocycles. The number of amides is 1. The first-order valence-corrected chi connectivity index (χ1v) is 7.95. The summed E-state index contributed by atoms with van der Waals surface area (Å²) in [6, 6.07) is 12.8. The van der Waals surface area contributed by atoms with Gasteiger partial charge in [-0.15, -0.1) is 0 Å². The Kier molecular flexibility index (Phi) is 4.88. The van der Waals surface area contributed by atoms with Gasteiger partial charge in [-0.05, 0) is 48.7 Å². The van der Waals surface area contributed by atoms with E-state index in [9.17, 15) is 4.79 Å². The molecule has 2 heterocycles. The number of hydrogen-bond donors (Lipinski definition) is 0. The number of nitrogens with zero attached hydrogens (tertiary/aromatic N) is 3. The number of pyridine rings is 1. The number of rotatable bonds is 4. The lowest BCUT2D eigenvalue weighted by Gasteiger charge is -2.28. The topological polar surface area (TPSA) is 66.2 Å². The van der Waals surface area contributed by atoms with Crippen LogP contribution < -0.4 is 0 Å². The predicted molar refractivity (Wildman–Crippen MR) is 89.3 cm³/mol. The van der Waals surface area contributed by atoms with Crippen molar-refractivity contribution in [3.8, 4) is 6.07 Å². The number of likely N-dealkylation sites (tertiary alicyclic amines) is 1. The average Bonchev–Trinajstić information content (AvgIpc) is 3.04. The molecule has 2 aromatic rings. The molecule has 1 amide bonds. The van der Waals surface area contributed by atoms with Crippen LogP contribution in [0, 0.1) is 11.3 Å². The van der Waals surface area contributed by atoms with E-state index in [2.05, 4.69) is 11.1 Å². The molecule has 0 radical (unpaired) electrons. The Hall–Kier alpha value is -2.71. The number of ether oxygens (including phenoxy) is 1. The van der Waals surface area contributed by atoms with Crippen LogP contribution in [-0.2, 0) is 11.2 Å². The van der Waals surface area contributed by atoms with Gasteiger partial charge in [-0.1, -0.05) is 6.07 Å². The minimum atomic E-state index is -0.0503. The van der Waals surface area contributed by atoms with Crippen LogP contribution in [0.5, 0.6) is 0 Å². The Balaban J connectivity index is 1.84. The van der Waals surface area contributed by atoms with E-state index in [0.29, 0.717) is 17.7 Å². The van der Waals surface area contributed by atoms with E-state index in [0.717, 1.165) is 18.4 Å². The molecule has 1 aliphatic rings. The Morgan fingerprint density at radius 3 is 2.88 bits per heavy atom. The number of carbonyl (C=O) groups excluding carboxylic acids is 1. The molecule has 1 aromatic carbocycles. The van der Waals surface area contributed by atoms with E-state index in [1.165, 1.54) is 0 Å².